The van der Waals surface area contributed by atoms with Gasteiger partial charge in [-0.15, -0.1) is 10.2 Å². The van der Waals surface area contributed by atoms with Crippen molar-refractivity contribution in [2.45, 2.75) is 12.7 Å². The first-order valence-corrected chi connectivity index (χ1v) is 6.61. The van der Waals surface area contributed by atoms with Crippen LogP contribution in [0.3, 0.4) is 0 Å². The fourth-order valence-corrected chi connectivity index (χ4v) is 2.21. The Labute approximate surface area is 122 Å². The van der Waals surface area contributed by atoms with Crippen LogP contribution in [0.25, 0.3) is 0 Å². The lowest BCUT2D eigenvalue weighted by Gasteiger charge is -2.10. The number of rotatable bonds is 5. The predicted octanol–water partition coefficient (Wildman–Crippen LogP) is 3.19. The van der Waals surface area contributed by atoms with E-state index >= 15 is 0 Å². The van der Waals surface area contributed by atoms with Crippen molar-refractivity contribution in [1.82, 2.24) is 10.2 Å². The predicted molar refractivity (Wildman–Crippen MR) is 71.8 cm³/mol. The quantitative estimate of drug-likeness (QED) is 0.917. The molecule has 0 radical (unpaired) electrons. The molecule has 0 fully saturated rings. The van der Waals surface area contributed by atoms with E-state index in [1.807, 2.05) is 0 Å². The first kappa shape index (κ1) is 15.4. The molecule has 0 atom stereocenters. The number of aromatic nitrogens is 2. The van der Waals surface area contributed by atoms with Gasteiger partial charge in [-0.2, -0.15) is 13.2 Å². The van der Waals surface area contributed by atoms with Gasteiger partial charge in [0.05, 0.1) is 14.2 Å². The number of nitrogens with one attached hydrogen (secondary N) is 1. The molecule has 0 saturated carbocycles. The number of hydrogen-bond acceptors (Lipinski definition) is 6. The van der Waals surface area contributed by atoms with Crippen LogP contribution in [-0.2, 0) is 12.7 Å². The van der Waals surface area contributed by atoms with E-state index in [2.05, 4.69) is 15.5 Å². The number of hydrogen-bond donors (Lipinski definition) is 1. The lowest BCUT2D eigenvalue weighted by molar-refractivity contribution is -0.138. The Hall–Kier alpha value is -2.03. The maximum atomic E-state index is 12.4. The first-order chi connectivity index (χ1) is 9.94. The molecule has 0 saturated heterocycles. The number of ether oxygens (including phenoxy) is 2. The average molecular weight is 319 g/mol. The average Bonchev–Trinajstić information content (AvgIpc) is 2.93. The Kier molecular flexibility index (Phi) is 4.51. The van der Waals surface area contributed by atoms with Crippen molar-refractivity contribution < 1.29 is 22.6 Å². The second kappa shape index (κ2) is 6.17. The Morgan fingerprint density at radius 3 is 2.52 bits per heavy atom. The van der Waals surface area contributed by atoms with Gasteiger partial charge in [0.25, 0.3) is 0 Å². The molecule has 21 heavy (non-hydrogen) atoms. The number of nitrogens with zero attached hydrogens (tertiary/aromatic N) is 2. The van der Waals surface area contributed by atoms with E-state index in [4.69, 9.17) is 9.47 Å². The minimum atomic E-state index is -4.48. The van der Waals surface area contributed by atoms with Crippen LogP contribution >= 0.6 is 11.3 Å². The van der Waals surface area contributed by atoms with E-state index in [1.165, 1.54) is 14.2 Å². The summed E-state index contributed by atoms with van der Waals surface area (Å²) in [5.41, 5.74) is 0.737. The molecule has 2 rings (SSSR count). The molecule has 1 N–H and O–H groups in total. The SMILES string of the molecule is COc1ccc(OC)c(CNc2nnc(C(F)(F)F)s2)c1. The van der Waals surface area contributed by atoms with Crippen molar-refractivity contribution in [1.29, 1.82) is 0 Å². The maximum absolute atomic E-state index is 12.4. The molecule has 2 aromatic rings. The highest BCUT2D eigenvalue weighted by Crippen LogP contribution is 2.33. The maximum Gasteiger partial charge on any atom is 0.445 e. The molecule has 5 nitrogen and oxygen atoms in total. The molecule has 0 amide bonds. The van der Waals surface area contributed by atoms with Crippen molar-refractivity contribution in [2.24, 2.45) is 0 Å². The minimum absolute atomic E-state index is 0.0900. The summed E-state index contributed by atoms with van der Waals surface area (Å²) in [6.45, 7) is 0.243. The summed E-state index contributed by atoms with van der Waals surface area (Å²) in [4.78, 5) is 0. The van der Waals surface area contributed by atoms with Gasteiger partial charge in [-0.05, 0) is 18.2 Å². The number of halogens is 3. The van der Waals surface area contributed by atoms with Crippen molar-refractivity contribution in [2.75, 3.05) is 19.5 Å². The first-order valence-electron chi connectivity index (χ1n) is 5.79. The van der Waals surface area contributed by atoms with Crippen molar-refractivity contribution in [3.63, 3.8) is 0 Å². The van der Waals surface area contributed by atoms with Crippen molar-refractivity contribution in [3.05, 3.63) is 28.8 Å². The van der Waals surface area contributed by atoms with Gasteiger partial charge in [-0.3, -0.25) is 0 Å². The summed E-state index contributed by atoms with van der Waals surface area (Å²) in [5.74, 6) is 1.23. The highest BCUT2D eigenvalue weighted by molar-refractivity contribution is 7.15. The molecule has 114 valence electrons. The lowest BCUT2D eigenvalue weighted by Crippen LogP contribution is -2.03. The third-order valence-corrected chi connectivity index (χ3v) is 3.51. The number of methoxy groups -OCH3 is 2. The molecule has 1 heterocycles. The monoisotopic (exact) mass is 319 g/mol. The summed E-state index contributed by atoms with van der Waals surface area (Å²) in [7, 11) is 3.04. The molecule has 0 bridgehead atoms. The van der Waals surface area contributed by atoms with E-state index in [1.54, 1.807) is 18.2 Å². The second-order valence-corrected chi connectivity index (χ2v) is 4.92. The molecule has 1 aromatic heterocycles. The fraction of sp³-hybridized carbons (Fsp3) is 0.333. The standard InChI is InChI=1S/C12H12F3N3O2S/c1-19-8-3-4-9(20-2)7(5-8)6-16-11-18-17-10(21-11)12(13,14)15/h3-5H,6H2,1-2H3,(H,16,18). The zero-order chi connectivity index (χ0) is 15.5. The van der Waals surface area contributed by atoms with Crippen LogP contribution in [0.5, 0.6) is 11.5 Å². The molecule has 0 unspecified atom stereocenters. The van der Waals surface area contributed by atoms with E-state index < -0.39 is 11.2 Å². The number of benzene rings is 1. The van der Waals surface area contributed by atoms with Gasteiger partial charge in [0.2, 0.25) is 10.1 Å². The van der Waals surface area contributed by atoms with Gasteiger partial charge in [-0.25, -0.2) is 0 Å². The van der Waals surface area contributed by atoms with Gasteiger partial charge in [0.15, 0.2) is 0 Å². The van der Waals surface area contributed by atoms with Crippen molar-refractivity contribution >= 4 is 16.5 Å². The van der Waals surface area contributed by atoms with Crippen LogP contribution in [0.2, 0.25) is 0 Å². The second-order valence-electron chi connectivity index (χ2n) is 3.94. The van der Waals surface area contributed by atoms with E-state index in [0.717, 1.165) is 5.56 Å². The molecule has 0 spiro atoms. The Morgan fingerprint density at radius 1 is 1.19 bits per heavy atom. The van der Waals surface area contributed by atoms with E-state index in [0.29, 0.717) is 22.8 Å². The Bertz CT molecular complexity index is 616. The molecule has 1 aromatic carbocycles. The third-order valence-electron chi connectivity index (χ3n) is 2.59. The fourth-order valence-electron chi connectivity index (χ4n) is 1.60. The van der Waals surface area contributed by atoms with Crippen LogP contribution < -0.4 is 14.8 Å². The molecule has 0 aliphatic rings. The molecular formula is C12H12F3N3O2S. The minimum Gasteiger partial charge on any atom is -0.497 e. The highest BCUT2D eigenvalue weighted by atomic mass is 32.1. The molecule has 0 aliphatic heterocycles. The van der Waals surface area contributed by atoms with Crippen LogP contribution in [0.1, 0.15) is 10.6 Å². The smallest absolute Gasteiger partial charge is 0.445 e. The van der Waals surface area contributed by atoms with Gasteiger partial charge in [0.1, 0.15) is 11.5 Å². The van der Waals surface area contributed by atoms with E-state index in [9.17, 15) is 13.2 Å². The van der Waals surface area contributed by atoms with Gasteiger partial charge >= 0.3 is 6.18 Å². The zero-order valence-electron chi connectivity index (χ0n) is 11.2. The van der Waals surface area contributed by atoms with E-state index in [-0.39, 0.29) is 11.7 Å². The van der Waals surface area contributed by atoms with Crippen LogP contribution in [-0.4, -0.2) is 24.4 Å². The summed E-state index contributed by atoms with van der Waals surface area (Å²) < 4.78 is 47.6. The Balaban J connectivity index is 2.10. The zero-order valence-corrected chi connectivity index (χ0v) is 12.0. The van der Waals surface area contributed by atoms with Crippen LogP contribution in [0, 0.1) is 0 Å². The molecule has 0 aliphatic carbocycles. The third kappa shape index (κ3) is 3.75. The largest absolute Gasteiger partial charge is 0.497 e. The summed E-state index contributed by atoms with van der Waals surface area (Å²) in [6, 6.07) is 5.18. The topological polar surface area (TPSA) is 56.3 Å². The summed E-state index contributed by atoms with van der Waals surface area (Å²) in [6.07, 6.45) is -4.48. The van der Waals surface area contributed by atoms with Gasteiger partial charge in [-0.1, -0.05) is 11.3 Å². The van der Waals surface area contributed by atoms with Crippen LogP contribution in [0.4, 0.5) is 18.3 Å². The summed E-state index contributed by atoms with van der Waals surface area (Å²) >= 11 is 0.452. The number of anilines is 1. The van der Waals surface area contributed by atoms with Gasteiger partial charge in [0, 0.05) is 12.1 Å². The molecular weight excluding hydrogens is 307 g/mol. The number of alkyl halides is 3. The molecule has 9 heteroatoms. The summed E-state index contributed by atoms with van der Waals surface area (Å²) in [5, 5.41) is 8.46. The van der Waals surface area contributed by atoms with Crippen molar-refractivity contribution in [3.8, 4) is 11.5 Å². The van der Waals surface area contributed by atoms with Crippen LogP contribution in [0.15, 0.2) is 18.2 Å². The van der Waals surface area contributed by atoms with Gasteiger partial charge < -0.3 is 14.8 Å². The normalized spacial score (nSPS) is 11.3. The highest BCUT2D eigenvalue weighted by Gasteiger charge is 2.35. The lowest BCUT2D eigenvalue weighted by atomic mass is 10.2. The Morgan fingerprint density at radius 2 is 1.95 bits per heavy atom.